The van der Waals surface area contributed by atoms with Crippen molar-refractivity contribution in [1.82, 2.24) is 5.16 Å². The van der Waals surface area contributed by atoms with Crippen LogP contribution in [0.1, 0.15) is 17.0 Å². The molecule has 3 N–H and O–H groups in total. The molecule has 2 rings (SSSR count). The Morgan fingerprint density at radius 3 is 2.88 bits per heavy atom. The monoisotopic (exact) mass is 228 g/mol. The largest absolute Gasteiger partial charge is 0.398 e. The second-order valence-electron chi connectivity index (χ2n) is 3.70. The van der Waals surface area contributed by atoms with Crippen LogP contribution in [0.3, 0.4) is 0 Å². The minimum absolute atomic E-state index is 0.467. The van der Waals surface area contributed by atoms with Crippen LogP contribution >= 0.6 is 0 Å². The summed E-state index contributed by atoms with van der Waals surface area (Å²) in [5.74, 6) is 0.779. The second kappa shape index (κ2) is 4.58. The van der Waals surface area contributed by atoms with Gasteiger partial charge >= 0.3 is 0 Å². The number of rotatable bonds is 3. The van der Waals surface area contributed by atoms with Gasteiger partial charge in [-0.05, 0) is 25.1 Å². The summed E-state index contributed by atoms with van der Waals surface area (Å²) in [4.78, 5) is 0. The molecule has 0 aliphatic rings. The third kappa shape index (κ3) is 2.55. The van der Waals surface area contributed by atoms with Crippen LogP contribution in [0.5, 0.6) is 0 Å². The number of nitrogens with one attached hydrogen (secondary N) is 1. The van der Waals surface area contributed by atoms with Gasteiger partial charge in [-0.1, -0.05) is 5.16 Å². The Morgan fingerprint density at radius 1 is 1.47 bits per heavy atom. The summed E-state index contributed by atoms with van der Waals surface area (Å²) >= 11 is 0. The summed E-state index contributed by atoms with van der Waals surface area (Å²) < 4.78 is 4.96. The minimum atomic E-state index is 0.467. The number of anilines is 2. The fourth-order valence-corrected chi connectivity index (χ4v) is 1.47. The summed E-state index contributed by atoms with van der Waals surface area (Å²) in [7, 11) is 0. The zero-order chi connectivity index (χ0) is 12.3. The van der Waals surface area contributed by atoms with Crippen molar-refractivity contribution in [2.75, 3.05) is 11.1 Å². The van der Waals surface area contributed by atoms with Gasteiger partial charge in [-0.15, -0.1) is 0 Å². The van der Waals surface area contributed by atoms with E-state index in [1.165, 1.54) is 0 Å². The van der Waals surface area contributed by atoms with Gasteiger partial charge in [0, 0.05) is 11.8 Å². The Balaban J connectivity index is 2.05. The van der Waals surface area contributed by atoms with Crippen molar-refractivity contribution in [2.24, 2.45) is 0 Å². The molecule has 1 aromatic carbocycles. The van der Waals surface area contributed by atoms with Gasteiger partial charge in [-0.25, -0.2) is 0 Å². The first kappa shape index (κ1) is 11.0. The molecule has 0 saturated carbocycles. The summed E-state index contributed by atoms with van der Waals surface area (Å²) in [6, 6.07) is 9.10. The first-order valence-corrected chi connectivity index (χ1v) is 5.15. The van der Waals surface area contributed by atoms with E-state index in [0.717, 1.165) is 17.1 Å². The molecule has 0 spiro atoms. The van der Waals surface area contributed by atoms with Crippen molar-refractivity contribution in [3.63, 3.8) is 0 Å². The Kier molecular flexibility index (Phi) is 2.97. The van der Waals surface area contributed by atoms with E-state index in [4.69, 9.17) is 15.5 Å². The van der Waals surface area contributed by atoms with Gasteiger partial charge in [-0.2, -0.15) is 5.26 Å². The number of aromatic nitrogens is 1. The lowest BCUT2D eigenvalue weighted by Crippen LogP contribution is -2.00. The number of hydrogen-bond acceptors (Lipinski definition) is 5. The zero-order valence-electron chi connectivity index (χ0n) is 9.40. The van der Waals surface area contributed by atoms with Gasteiger partial charge in [-0.3, -0.25) is 0 Å². The Labute approximate surface area is 98.8 Å². The fraction of sp³-hybridized carbons (Fsp3) is 0.167. The molecular formula is C12H12N4O. The summed E-state index contributed by atoms with van der Waals surface area (Å²) in [6.07, 6.45) is 0. The lowest BCUT2D eigenvalue weighted by Gasteiger charge is -2.05. The maximum atomic E-state index is 8.75. The molecule has 0 amide bonds. The van der Waals surface area contributed by atoms with E-state index in [-0.39, 0.29) is 0 Å². The average Bonchev–Trinajstić information content (AvgIpc) is 2.73. The SMILES string of the molecule is Cc1cc(CNc2ccc(C#N)c(N)c2)no1. The Hall–Kier alpha value is -2.48. The topological polar surface area (TPSA) is 87.9 Å². The molecule has 0 aliphatic carbocycles. The predicted octanol–water partition coefficient (Wildman–Crippen LogP) is 2.05. The highest BCUT2D eigenvalue weighted by atomic mass is 16.5. The number of nitrogen functional groups attached to an aromatic ring is 1. The summed E-state index contributed by atoms with van der Waals surface area (Å²) in [5.41, 5.74) is 8.33. The number of hydrogen-bond donors (Lipinski definition) is 2. The van der Waals surface area contributed by atoms with Crippen LogP contribution in [0.25, 0.3) is 0 Å². The molecule has 1 aromatic heterocycles. The smallest absolute Gasteiger partial charge is 0.133 e. The molecule has 2 aromatic rings. The van der Waals surface area contributed by atoms with Crippen LogP contribution in [0.4, 0.5) is 11.4 Å². The molecule has 0 saturated heterocycles. The van der Waals surface area contributed by atoms with Crippen molar-refractivity contribution in [2.45, 2.75) is 13.5 Å². The fourth-order valence-electron chi connectivity index (χ4n) is 1.47. The molecule has 0 unspecified atom stereocenters. The van der Waals surface area contributed by atoms with Gasteiger partial charge in [0.05, 0.1) is 17.8 Å². The third-order valence-corrected chi connectivity index (χ3v) is 2.32. The second-order valence-corrected chi connectivity index (χ2v) is 3.70. The van der Waals surface area contributed by atoms with Crippen LogP contribution in [0.2, 0.25) is 0 Å². The highest BCUT2D eigenvalue weighted by Gasteiger charge is 2.02. The minimum Gasteiger partial charge on any atom is -0.398 e. The predicted molar refractivity (Wildman–Crippen MR) is 64.1 cm³/mol. The number of nitrogens with zero attached hydrogens (tertiary/aromatic N) is 2. The number of nitriles is 1. The highest BCUT2D eigenvalue weighted by molar-refractivity contribution is 5.62. The quantitative estimate of drug-likeness (QED) is 0.785. The van der Waals surface area contributed by atoms with Gasteiger partial charge in [0.15, 0.2) is 0 Å². The van der Waals surface area contributed by atoms with E-state index in [9.17, 15) is 0 Å². The molecule has 0 bridgehead atoms. The lowest BCUT2D eigenvalue weighted by molar-refractivity contribution is 0.391. The summed E-state index contributed by atoms with van der Waals surface area (Å²) in [5, 5.41) is 15.8. The van der Waals surface area contributed by atoms with Crippen LogP contribution in [0.15, 0.2) is 28.8 Å². The number of aryl methyl sites for hydroxylation is 1. The van der Waals surface area contributed by atoms with E-state index in [1.807, 2.05) is 25.1 Å². The molecule has 0 fully saturated rings. The van der Waals surface area contributed by atoms with Gasteiger partial charge in [0.25, 0.3) is 0 Å². The molecule has 0 atom stereocenters. The standard InChI is InChI=1S/C12H12N4O/c1-8-4-11(16-17-8)7-15-10-3-2-9(6-13)12(14)5-10/h2-5,15H,7,14H2,1H3. The third-order valence-electron chi connectivity index (χ3n) is 2.32. The van der Waals surface area contributed by atoms with E-state index in [2.05, 4.69) is 10.5 Å². The van der Waals surface area contributed by atoms with Crippen molar-refractivity contribution in [1.29, 1.82) is 5.26 Å². The van der Waals surface area contributed by atoms with Crippen LogP contribution < -0.4 is 11.1 Å². The van der Waals surface area contributed by atoms with Crippen LogP contribution in [-0.2, 0) is 6.54 Å². The maximum absolute atomic E-state index is 8.75. The molecule has 0 radical (unpaired) electrons. The first-order chi connectivity index (χ1) is 8.19. The lowest BCUT2D eigenvalue weighted by atomic mass is 10.2. The van der Waals surface area contributed by atoms with Crippen LogP contribution in [-0.4, -0.2) is 5.16 Å². The van der Waals surface area contributed by atoms with Gasteiger partial charge in [0.1, 0.15) is 17.5 Å². The molecule has 5 heteroatoms. The average molecular weight is 228 g/mol. The highest BCUT2D eigenvalue weighted by Crippen LogP contribution is 2.17. The van der Waals surface area contributed by atoms with E-state index in [0.29, 0.717) is 17.8 Å². The first-order valence-electron chi connectivity index (χ1n) is 5.15. The number of benzene rings is 1. The van der Waals surface area contributed by atoms with Gasteiger partial charge < -0.3 is 15.6 Å². The van der Waals surface area contributed by atoms with E-state index >= 15 is 0 Å². The van der Waals surface area contributed by atoms with Crippen molar-refractivity contribution in [3.05, 3.63) is 41.3 Å². The van der Waals surface area contributed by atoms with Crippen molar-refractivity contribution >= 4 is 11.4 Å². The summed E-state index contributed by atoms with van der Waals surface area (Å²) in [6.45, 7) is 2.40. The molecule has 17 heavy (non-hydrogen) atoms. The molecule has 1 heterocycles. The van der Waals surface area contributed by atoms with Gasteiger partial charge in [0.2, 0.25) is 0 Å². The van der Waals surface area contributed by atoms with Crippen molar-refractivity contribution in [3.8, 4) is 6.07 Å². The maximum Gasteiger partial charge on any atom is 0.133 e. The molecule has 86 valence electrons. The van der Waals surface area contributed by atoms with Crippen LogP contribution in [0, 0.1) is 18.3 Å². The van der Waals surface area contributed by atoms with E-state index in [1.54, 1.807) is 12.1 Å². The number of nitrogens with two attached hydrogens (primary N) is 1. The Morgan fingerprint density at radius 2 is 2.29 bits per heavy atom. The molecular weight excluding hydrogens is 216 g/mol. The molecule has 5 nitrogen and oxygen atoms in total. The Bertz CT molecular complexity index is 568. The normalized spacial score (nSPS) is 9.88. The van der Waals surface area contributed by atoms with Crippen molar-refractivity contribution < 1.29 is 4.52 Å². The van der Waals surface area contributed by atoms with E-state index < -0.39 is 0 Å². The zero-order valence-corrected chi connectivity index (χ0v) is 9.40. The molecule has 0 aliphatic heterocycles.